The molecular weight excluding hydrogens is 403 g/mol. The van der Waals surface area contributed by atoms with Gasteiger partial charge in [0.1, 0.15) is 11.2 Å². The molecule has 1 aromatic carbocycles. The normalized spacial score (nSPS) is 14.3. The van der Waals surface area contributed by atoms with Gasteiger partial charge in [-0.15, -0.1) is 11.3 Å². The van der Waals surface area contributed by atoms with Crippen molar-refractivity contribution in [1.29, 1.82) is 0 Å². The van der Waals surface area contributed by atoms with Crippen LogP contribution in [0.3, 0.4) is 0 Å². The molecule has 1 aliphatic carbocycles. The van der Waals surface area contributed by atoms with Gasteiger partial charge < -0.3 is 10.1 Å². The Balaban J connectivity index is 1.52. The lowest BCUT2D eigenvalue weighted by molar-refractivity contribution is -0.137. The van der Waals surface area contributed by atoms with E-state index in [9.17, 15) is 18.0 Å². The zero-order chi connectivity index (χ0) is 20.4. The van der Waals surface area contributed by atoms with E-state index in [1.54, 1.807) is 11.3 Å². The monoisotopic (exact) mass is 421 g/mol. The van der Waals surface area contributed by atoms with Gasteiger partial charge in [0, 0.05) is 4.88 Å². The molecule has 0 atom stereocenters. The molecule has 3 aromatic rings. The number of aromatic nitrogens is 2. The molecule has 0 unspecified atom stereocenters. The number of benzene rings is 1. The molecular formula is C20H18F3N3O2S. The summed E-state index contributed by atoms with van der Waals surface area (Å²) in [5.74, 6) is -0.386. The average molecular weight is 421 g/mol. The van der Waals surface area contributed by atoms with Crippen LogP contribution in [0, 0.1) is 0 Å². The third-order valence-electron chi connectivity index (χ3n) is 4.81. The smallest absolute Gasteiger partial charge is 0.418 e. The summed E-state index contributed by atoms with van der Waals surface area (Å²) in [6, 6.07) is 4.84. The van der Waals surface area contributed by atoms with E-state index in [4.69, 9.17) is 4.74 Å². The second-order valence-electron chi connectivity index (χ2n) is 6.80. The molecule has 0 saturated heterocycles. The van der Waals surface area contributed by atoms with Crippen LogP contribution >= 0.6 is 11.3 Å². The summed E-state index contributed by atoms with van der Waals surface area (Å²) in [6.07, 6.45) is 2.08. The summed E-state index contributed by atoms with van der Waals surface area (Å²) in [6.45, 7) is -0.442. The van der Waals surface area contributed by atoms with E-state index >= 15 is 0 Å². The average Bonchev–Trinajstić information content (AvgIpc) is 2.88. The number of para-hydroxylation sites is 1. The van der Waals surface area contributed by atoms with Crippen LogP contribution in [0.2, 0.25) is 0 Å². The van der Waals surface area contributed by atoms with Gasteiger partial charge in [0.15, 0.2) is 6.61 Å². The number of rotatable bonds is 4. The highest BCUT2D eigenvalue weighted by Gasteiger charge is 2.33. The van der Waals surface area contributed by atoms with Gasteiger partial charge in [-0.2, -0.15) is 13.2 Å². The first-order valence-corrected chi connectivity index (χ1v) is 10.1. The largest absolute Gasteiger partial charge is 0.467 e. The highest BCUT2D eigenvalue weighted by molar-refractivity contribution is 7.18. The first-order valence-electron chi connectivity index (χ1n) is 9.27. The lowest BCUT2D eigenvalue weighted by Crippen LogP contribution is -2.22. The number of aryl methyl sites for hydroxylation is 2. The van der Waals surface area contributed by atoms with Gasteiger partial charge in [0.05, 0.1) is 16.6 Å². The number of halogens is 3. The minimum absolute atomic E-state index is 0.300. The highest BCUT2D eigenvalue weighted by Crippen LogP contribution is 2.38. The predicted octanol–water partition coefficient (Wildman–Crippen LogP) is 5.00. The number of nitrogens with one attached hydrogen (secondary N) is 1. The van der Waals surface area contributed by atoms with Crippen molar-refractivity contribution in [2.45, 2.75) is 38.3 Å². The molecule has 0 bridgehead atoms. The molecule has 2 heterocycles. The summed E-state index contributed by atoms with van der Waals surface area (Å²) in [4.78, 5) is 22.8. The van der Waals surface area contributed by atoms with Gasteiger partial charge in [-0.25, -0.2) is 9.97 Å². The molecule has 0 radical (unpaired) electrons. The number of ether oxygens (including phenoxy) is 1. The summed E-state index contributed by atoms with van der Waals surface area (Å²) >= 11 is 1.61. The van der Waals surface area contributed by atoms with Crippen LogP contribution < -0.4 is 10.1 Å². The van der Waals surface area contributed by atoms with E-state index in [2.05, 4.69) is 15.3 Å². The Hall–Kier alpha value is -2.68. The first-order chi connectivity index (χ1) is 13.9. The van der Waals surface area contributed by atoms with E-state index < -0.39 is 24.3 Å². The zero-order valence-electron chi connectivity index (χ0n) is 15.4. The Bertz CT molecular complexity index is 1050. The third kappa shape index (κ3) is 4.19. The SMILES string of the molecule is O=C(COc1ncnc2sc3c(c12)CCCCC3)Nc1ccccc1C(F)(F)F. The Morgan fingerprint density at radius 2 is 1.93 bits per heavy atom. The fourth-order valence-corrected chi connectivity index (χ4v) is 4.73. The van der Waals surface area contributed by atoms with Crippen molar-refractivity contribution in [3.8, 4) is 5.88 Å². The molecule has 29 heavy (non-hydrogen) atoms. The van der Waals surface area contributed by atoms with Crippen molar-refractivity contribution in [2.24, 2.45) is 0 Å². The van der Waals surface area contributed by atoms with Crippen LogP contribution in [0.1, 0.15) is 35.3 Å². The van der Waals surface area contributed by atoms with Gasteiger partial charge in [-0.05, 0) is 43.4 Å². The van der Waals surface area contributed by atoms with Crippen molar-refractivity contribution in [2.75, 3.05) is 11.9 Å². The molecule has 0 saturated carbocycles. The number of carbonyl (C=O) groups is 1. The molecule has 1 amide bonds. The van der Waals surface area contributed by atoms with Gasteiger partial charge in [0.25, 0.3) is 5.91 Å². The minimum atomic E-state index is -4.56. The number of hydrogen-bond acceptors (Lipinski definition) is 5. The van der Waals surface area contributed by atoms with Gasteiger partial charge in [0.2, 0.25) is 5.88 Å². The van der Waals surface area contributed by atoms with Crippen molar-refractivity contribution in [3.63, 3.8) is 0 Å². The Morgan fingerprint density at radius 1 is 1.14 bits per heavy atom. The third-order valence-corrected chi connectivity index (χ3v) is 6.01. The van der Waals surface area contributed by atoms with E-state index in [1.165, 1.54) is 35.0 Å². The quantitative estimate of drug-likeness (QED) is 0.603. The van der Waals surface area contributed by atoms with Gasteiger partial charge in [-0.3, -0.25) is 4.79 Å². The lowest BCUT2D eigenvalue weighted by Gasteiger charge is -2.14. The summed E-state index contributed by atoms with van der Waals surface area (Å²) in [7, 11) is 0. The Morgan fingerprint density at radius 3 is 2.76 bits per heavy atom. The van der Waals surface area contributed by atoms with Crippen molar-refractivity contribution < 1.29 is 22.7 Å². The molecule has 9 heteroatoms. The molecule has 5 nitrogen and oxygen atoms in total. The van der Waals surface area contributed by atoms with Crippen LogP contribution in [0.25, 0.3) is 10.2 Å². The van der Waals surface area contributed by atoms with Crippen LogP contribution in [0.15, 0.2) is 30.6 Å². The van der Waals surface area contributed by atoms with Crippen LogP contribution in [-0.4, -0.2) is 22.5 Å². The van der Waals surface area contributed by atoms with Crippen molar-refractivity contribution in [1.82, 2.24) is 9.97 Å². The predicted molar refractivity (Wildman–Crippen MR) is 104 cm³/mol. The number of hydrogen-bond donors (Lipinski definition) is 1. The fraction of sp³-hybridized carbons (Fsp3) is 0.350. The van der Waals surface area contributed by atoms with Gasteiger partial charge in [-0.1, -0.05) is 18.6 Å². The maximum atomic E-state index is 13.1. The number of amides is 1. The van der Waals surface area contributed by atoms with Gasteiger partial charge >= 0.3 is 6.18 Å². The molecule has 4 rings (SSSR count). The maximum Gasteiger partial charge on any atom is 0.418 e. The molecule has 0 fully saturated rings. The van der Waals surface area contributed by atoms with Crippen molar-refractivity contribution >= 4 is 33.1 Å². The number of alkyl halides is 3. The molecule has 152 valence electrons. The molecule has 1 N–H and O–H groups in total. The standard InChI is InChI=1S/C20H18F3N3O2S/c21-20(22,23)13-7-4-5-8-14(13)26-16(27)10-28-18-17-12-6-2-1-3-9-15(12)29-19(17)25-11-24-18/h4-5,7-8,11H,1-3,6,9-10H2,(H,26,27). The van der Waals surface area contributed by atoms with E-state index in [-0.39, 0.29) is 5.69 Å². The molecule has 0 spiro atoms. The Labute approximate surface area is 168 Å². The number of nitrogens with zero attached hydrogens (tertiary/aromatic N) is 2. The lowest BCUT2D eigenvalue weighted by atomic mass is 10.1. The van der Waals surface area contributed by atoms with Crippen LogP contribution in [0.5, 0.6) is 5.88 Å². The summed E-state index contributed by atoms with van der Waals surface area (Å²) in [5, 5.41) is 3.09. The van der Waals surface area contributed by atoms with Crippen LogP contribution in [-0.2, 0) is 23.8 Å². The fourth-order valence-electron chi connectivity index (χ4n) is 3.51. The zero-order valence-corrected chi connectivity index (χ0v) is 16.2. The Kier molecular flexibility index (Phi) is 5.40. The van der Waals surface area contributed by atoms with Crippen LogP contribution in [0.4, 0.5) is 18.9 Å². The second kappa shape index (κ2) is 7.98. The maximum absolute atomic E-state index is 13.1. The molecule has 0 aliphatic heterocycles. The minimum Gasteiger partial charge on any atom is -0.467 e. The first kappa shape index (κ1) is 19.6. The number of carbonyl (C=O) groups excluding carboxylic acids is 1. The summed E-state index contributed by atoms with van der Waals surface area (Å²) < 4.78 is 44.9. The topological polar surface area (TPSA) is 64.1 Å². The van der Waals surface area contributed by atoms with Crippen molar-refractivity contribution in [3.05, 3.63) is 46.6 Å². The molecule has 1 aliphatic rings. The number of fused-ring (bicyclic) bond motifs is 3. The highest BCUT2D eigenvalue weighted by atomic mass is 32.1. The second-order valence-corrected chi connectivity index (χ2v) is 7.89. The number of thiophene rings is 1. The molecule has 2 aromatic heterocycles. The summed E-state index contributed by atoms with van der Waals surface area (Å²) in [5.41, 5.74) is -0.0345. The number of anilines is 1. The van der Waals surface area contributed by atoms with E-state index in [0.29, 0.717) is 5.88 Å². The van der Waals surface area contributed by atoms with E-state index in [0.717, 1.165) is 48.4 Å². The van der Waals surface area contributed by atoms with E-state index in [1.807, 2.05) is 0 Å².